The molecule has 0 atom stereocenters. The van der Waals surface area contributed by atoms with Crippen molar-refractivity contribution in [2.24, 2.45) is 0 Å². The summed E-state index contributed by atoms with van der Waals surface area (Å²) in [6, 6.07) is 17.5. The predicted octanol–water partition coefficient (Wildman–Crippen LogP) is 8.67. The van der Waals surface area contributed by atoms with Crippen LogP contribution in [0.2, 0.25) is 0 Å². The Morgan fingerprint density at radius 1 is 0.576 bits per heavy atom. The number of aromatic nitrogens is 2. The number of nitrogens with zero attached hydrogens (tertiary/aromatic N) is 2. The van der Waals surface area contributed by atoms with Crippen LogP contribution < -0.4 is 4.74 Å². The Bertz CT molecular complexity index is 902. The van der Waals surface area contributed by atoms with Gasteiger partial charge in [-0.3, -0.25) is 0 Å². The smallest absolute Gasteiger partial charge is 0.159 e. The molecule has 0 spiro atoms. The minimum absolute atomic E-state index is 0.732. The highest BCUT2D eigenvalue weighted by atomic mass is 16.5. The lowest BCUT2D eigenvalue weighted by atomic mass is 10.00. The quantitative estimate of drug-likeness (QED) is 0.220. The summed E-state index contributed by atoms with van der Waals surface area (Å²) in [5.41, 5.74) is 4.92. The van der Waals surface area contributed by atoms with Gasteiger partial charge >= 0.3 is 0 Å². The molecule has 1 heterocycles. The first kappa shape index (κ1) is 25.0. The molecule has 0 radical (unpaired) electrons. The number of aryl methyl sites for hydroxylation is 1. The van der Waals surface area contributed by atoms with Crippen LogP contribution in [0.5, 0.6) is 5.75 Å². The molecule has 3 rings (SSSR count). The molecule has 3 nitrogen and oxygen atoms in total. The SMILES string of the molecule is CCCCCCCCOc1cnc(-c2ccc(-c3ccc(CCCCCC)cc3)cc2)nc1. The third-order valence-corrected chi connectivity index (χ3v) is 6.14. The summed E-state index contributed by atoms with van der Waals surface area (Å²) in [5, 5.41) is 0. The van der Waals surface area contributed by atoms with Gasteiger partial charge in [0.25, 0.3) is 0 Å². The number of benzene rings is 2. The largest absolute Gasteiger partial charge is 0.490 e. The maximum atomic E-state index is 5.80. The number of rotatable bonds is 15. The van der Waals surface area contributed by atoms with E-state index < -0.39 is 0 Å². The summed E-state index contributed by atoms with van der Waals surface area (Å²) in [7, 11) is 0. The average Bonchev–Trinajstić information content (AvgIpc) is 2.87. The van der Waals surface area contributed by atoms with E-state index in [9.17, 15) is 0 Å². The second kappa shape index (κ2) is 14.5. The van der Waals surface area contributed by atoms with Gasteiger partial charge in [-0.15, -0.1) is 0 Å². The van der Waals surface area contributed by atoms with Crippen molar-refractivity contribution in [3.8, 4) is 28.3 Å². The van der Waals surface area contributed by atoms with Crippen LogP contribution in [0.1, 0.15) is 83.6 Å². The van der Waals surface area contributed by atoms with Crippen LogP contribution >= 0.6 is 0 Å². The van der Waals surface area contributed by atoms with Crippen LogP contribution in [0.25, 0.3) is 22.5 Å². The van der Waals surface area contributed by atoms with E-state index in [0.717, 1.165) is 30.2 Å². The Hall–Kier alpha value is -2.68. The third-order valence-electron chi connectivity index (χ3n) is 6.14. The summed E-state index contributed by atoms with van der Waals surface area (Å²) in [6.45, 7) is 5.24. The first-order chi connectivity index (χ1) is 16.3. The van der Waals surface area contributed by atoms with Gasteiger partial charge in [0.15, 0.2) is 11.6 Å². The van der Waals surface area contributed by atoms with Crippen LogP contribution in [0.4, 0.5) is 0 Å². The van der Waals surface area contributed by atoms with Gasteiger partial charge in [-0.1, -0.05) is 114 Å². The van der Waals surface area contributed by atoms with E-state index in [-0.39, 0.29) is 0 Å². The molecule has 0 unspecified atom stereocenters. The van der Waals surface area contributed by atoms with E-state index in [4.69, 9.17) is 4.74 Å². The van der Waals surface area contributed by atoms with Gasteiger partial charge in [0.1, 0.15) is 0 Å². The topological polar surface area (TPSA) is 35.0 Å². The molecule has 0 aliphatic carbocycles. The zero-order chi connectivity index (χ0) is 23.1. The monoisotopic (exact) mass is 444 g/mol. The Labute approximate surface area is 200 Å². The second-order valence-corrected chi connectivity index (χ2v) is 8.94. The maximum Gasteiger partial charge on any atom is 0.159 e. The van der Waals surface area contributed by atoms with E-state index in [0.29, 0.717) is 0 Å². The van der Waals surface area contributed by atoms with Crippen LogP contribution in [0, 0.1) is 0 Å². The molecule has 3 aromatic rings. The molecule has 0 fully saturated rings. The second-order valence-electron chi connectivity index (χ2n) is 8.94. The van der Waals surface area contributed by atoms with E-state index in [1.807, 2.05) is 0 Å². The van der Waals surface area contributed by atoms with Gasteiger partial charge < -0.3 is 4.74 Å². The highest BCUT2D eigenvalue weighted by molar-refractivity contribution is 5.67. The van der Waals surface area contributed by atoms with Crippen molar-refractivity contribution in [1.29, 1.82) is 0 Å². The molecule has 1 aromatic heterocycles. The molecule has 3 heteroatoms. The summed E-state index contributed by atoms with van der Waals surface area (Å²) in [4.78, 5) is 9.02. The van der Waals surface area contributed by atoms with Crippen molar-refractivity contribution in [3.63, 3.8) is 0 Å². The van der Waals surface area contributed by atoms with Crippen molar-refractivity contribution in [3.05, 3.63) is 66.5 Å². The van der Waals surface area contributed by atoms with Gasteiger partial charge in [0.2, 0.25) is 0 Å². The van der Waals surface area contributed by atoms with Gasteiger partial charge in [-0.2, -0.15) is 0 Å². The van der Waals surface area contributed by atoms with Crippen molar-refractivity contribution in [2.75, 3.05) is 6.61 Å². The van der Waals surface area contributed by atoms with E-state index >= 15 is 0 Å². The Morgan fingerprint density at radius 2 is 1.09 bits per heavy atom. The van der Waals surface area contributed by atoms with E-state index in [1.54, 1.807) is 12.4 Å². The average molecular weight is 445 g/mol. The summed E-state index contributed by atoms with van der Waals surface area (Å²) in [6.07, 6.45) is 17.5. The van der Waals surface area contributed by atoms with Crippen molar-refractivity contribution < 1.29 is 4.74 Å². The van der Waals surface area contributed by atoms with Gasteiger partial charge in [-0.05, 0) is 36.0 Å². The van der Waals surface area contributed by atoms with Crippen LogP contribution in [0.15, 0.2) is 60.9 Å². The molecule has 2 aromatic carbocycles. The molecule has 0 N–H and O–H groups in total. The molecule has 0 saturated heterocycles. The predicted molar refractivity (Wildman–Crippen MR) is 140 cm³/mol. The van der Waals surface area contributed by atoms with Crippen LogP contribution in [0.3, 0.4) is 0 Å². The molecule has 0 aliphatic rings. The fourth-order valence-electron chi connectivity index (χ4n) is 4.04. The number of unbranched alkanes of at least 4 members (excludes halogenated alkanes) is 8. The van der Waals surface area contributed by atoms with Crippen LogP contribution in [-0.2, 0) is 6.42 Å². The Kier molecular flexibility index (Phi) is 10.9. The van der Waals surface area contributed by atoms with Gasteiger partial charge in [0, 0.05) is 5.56 Å². The maximum absolute atomic E-state index is 5.80. The molecule has 0 aliphatic heterocycles. The third kappa shape index (κ3) is 8.64. The highest BCUT2D eigenvalue weighted by Crippen LogP contribution is 2.24. The molecule has 33 heavy (non-hydrogen) atoms. The standard InChI is InChI=1S/C30H40N2O/c1-3-5-7-9-10-12-22-33-29-23-31-30(32-24-29)28-20-18-27(19-21-28)26-16-14-25(15-17-26)13-11-8-6-4-2/h14-21,23-24H,3-13,22H2,1-2H3. The van der Waals surface area contributed by atoms with E-state index in [1.165, 1.54) is 80.9 Å². The molecular weight excluding hydrogens is 404 g/mol. The lowest BCUT2D eigenvalue weighted by molar-refractivity contribution is 0.302. The van der Waals surface area contributed by atoms with Crippen molar-refractivity contribution in [1.82, 2.24) is 9.97 Å². The molecule has 176 valence electrons. The number of ether oxygens (including phenoxy) is 1. The van der Waals surface area contributed by atoms with Crippen LogP contribution in [-0.4, -0.2) is 16.6 Å². The molecular formula is C30H40N2O. The minimum atomic E-state index is 0.732. The first-order valence-corrected chi connectivity index (χ1v) is 12.9. The lowest BCUT2D eigenvalue weighted by Crippen LogP contribution is -1.99. The summed E-state index contributed by atoms with van der Waals surface area (Å²) in [5.74, 6) is 1.48. The minimum Gasteiger partial charge on any atom is -0.490 e. The van der Waals surface area contributed by atoms with E-state index in [2.05, 4.69) is 72.3 Å². The fraction of sp³-hybridized carbons (Fsp3) is 0.467. The van der Waals surface area contributed by atoms with Gasteiger partial charge in [0.05, 0.1) is 19.0 Å². The molecule has 0 saturated carbocycles. The molecule has 0 amide bonds. The van der Waals surface area contributed by atoms with Crippen molar-refractivity contribution in [2.45, 2.75) is 84.5 Å². The normalized spacial score (nSPS) is 11.0. The number of hydrogen-bond donors (Lipinski definition) is 0. The Morgan fingerprint density at radius 3 is 1.73 bits per heavy atom. The first-order valence-electron chi connectivity index (χ1n) is 12.9. The number of hydrogen-bond acceptors (Lipinski definition) is 3. The zero-order valence-corrected chi connectivity index (χ0v) is 20.6. The summed E-state index contributed by atoms with van der Waals surface area (Å²) < 4.78 is 5.80. The molecule has 0 bridgehead atoms. The summed E-state index contributed by atoms with van der Waals surface area (Å²) >= 11 is 0. The fourth-order valence-corrected chi connectivity index (χ4v) is 4.04. The highest BCUT2D eigenvalue weighted by Gasteiger charge is 2.04. The van der Waals surface area contributed by atoms with Gasteiger partial charge in [-0.25, -0.2) is 9.97 Å². The van der Waals surface area contributed by atoms with Crippen molar-refractivity contribution >= 4 is 0 Å². The zero-order valence-electron chi connectivity index (χ0n) is 20.6. The lowest BCUT2D eigenvalue weighted by Gasteiger charge is -2.08. The Balaban J connectivity index is 1.47.